The third-order valence-corrected chi connectivity index (χ3v) is 10.1. The highest BCUT2D eigenvalue weighted by Crippen LogP contribution is 2.36. The van der Waals surface area contributed by atoms with Gasteiger partial charge in [-0.05, 0) is 73.5 Å². The number of nitriles is 1. The van der Waals surface area contributed by atoms with Crippen LogP contribution in [-0.4, -0.2) is 68.7 Å². The van der Waals surface area contributed by atoms with Crippen LogP contribution in [-0.2, 0) is 21.2 Å². The quantitative estimate of drug-likeness (QED) is 0.570. The molecule has 0 unspecified atom stereocenters. The van der Waals surface area contributed by atoms with Crippen molar-refractivity contribution in [2.45, 2.75) is 49.1 Å². The first kappa shape index (κ1) is 26.0. The van der Waals surface area contributed by atoms with Crippen molar-refractivity contribution in [2.75, 3.05) is 33.2 Å². The Balaban J connectivity index is 1.24. The summed E-state index contributed by atoms with van der Waals surface area (Å²) in [6, 6.07) is 13.8. The molecular weight excluding hydrogens is 491 g/mol. The SMILES string of the molecule is CN1CCN(S(=O)(=O)c2ccc(-c3ccc(C[C@@H](C#N)CC(=O)[C@H]4N[C@@H]5CC[C@H]4C5)c(F)c3)cc2)CC1. The molecule has 9 heteroatoms. The van der Waals surface area contributed by atoms with Crippen molar-refractivity contribution in [3.8, 4) is 17.2 Å². The summed E-state index contributed by atoms with van der Waals surface area (Å²) in [7, 11) is -1.59. The fourth-order valence-electron chi connectivity index (χ4n) is 5.90. The third-order valence-electron chi connectivity index (χ3n) is 8.14. The van der Waals surface area contributed by atoms with E-state index in [1.54, 1.807) is 36.4 Å². The average molecular weight is 525 g/mol. The van der Waals surface area contributed by atoms with Crippen molar-refractivity contribution in [1.29, 1.82) is 5.26 Å². The number of sulfonamides is 1. The zero-order valence-corrected chi connectivity index (χ0v) is 21.9. The number of carbonyl (C=O) groups is 1. The van der Waals surface area contributed by atoms with Crippen molar-refractivity contribution in [3.63, 3.8) is 0 Å². The normalized spacial score (nSPS) is 25.2. The van der Waals surface area contributed by atoms with Gasteiger partial charge in [0.15, 0.2) is 5.78 Å². The van der Waals surface area contributed by atoms with Crippen molar-refractivity contribution in [3.05, 3.63) is 53.8 Å². The lowest BCUT2D eigenvalue weighted by atomic mass is 9.88. The molecule has 0 radical (unpaired) electrons. The van der Waals surface area contributed by atoms with Crippen molar-refractivity contribution < 1.29 is 17.6 Å². The monoisotopic (exact) mass is 524 g/mol. The van der Waals surface area contributed by atoms with Crippen LogP contribution in [0.4, 0.5) is 4.39 Å². The lowest BCUT2D eigenvalue weighted by Gasteiger charge is -2.31. The van der Waals surface area contributed by atoms with Crippen LogP contribution in [0.25, 0.3) is 11.1 Å². The van der Waals surface area contributed by atoms with E-state index in [0.29, 0.717) is 54.8 Å². The van der Waals surface area contributed by atoms with Crippen LogP contribution in [0.3, 0.4) is 0 Å². The molecule has 2 aromatic rings. The molecule has 0 aromatic heterocycles. The summed E-state index contributed by atoms with van der Waals surface area (Å²) in [4.78, 5) is 15.1. The van der Waals surface area contributed by atoms with Gasteiger partial charge in [0.1, 0.15) is 5.82 Å². The summed E-state index contributed by atoms with van der Waals surface area (Å²) in [5, 5.41) is 13.0. The fourth-order valence-corrected chi connectivity index (χ4v) is 7.33. The topological polar surface area (TPSA) is 93.5 Å². The van der Waals surface area contributed by atoms with Crippen LogP contribution in [0.2, 0.25) is 0 Å². The maximum absolute atomic E-state index is 15.0. The molecule has 2 aromatic carbocycles. The number of halogens is 1. The van der Waals surface area contributed by atoms with Gasteiger partial charge >= 0.3 is 0 Å². The van der Waals surface area contributed by atoms with Gasteiger partial charge in [-0.25, -0.2) is 12.8 Å². The summed E-state index contributed by atoms with van der Waals surface area (Å²) in [5.74, 6) is -0.580. The highest BCUT2D eigenvalue weighted by Gasteiger charge is 2.42. The number of hydrogen-bond donors (Lipinski definition) is 1. The number of likely N-dealkylation sites (N-methyl/N-ethyl adjacent to an activating group) is 1. The molecule has 1 N–H and O–H groups in total. The lowest BCUT2D eigenvalue weighted by Crippen LogP contribution is -2.46. The molecule has 0 spiro atoms. The first-order valence-corrected chi connectivity index (χ1v) is 14.4. The summed E-state index contributed by atoms with van der Waals surface area (Å²) >= 11 is 0. The smallest absolute Gasteiger partial charge is 0.243 e. The van der Waals surface area contributed by atoms with Crippen LogP contribution in [0.1, 0.15) is 31.2 Å². The number of rotatable bonds is 8. The molecule has 2 heterocycles. The minimum absolute atomic E-state index is 0.0578. The number of piperidine rings is 1. The highest BCUT2D eigenvalue weighted by molar-refractivity contribution is 7.89. The molecular formula is C28H33FN4O3S. The number of hydrogen-bond acceptors (Lipinski definition) is 6. The first-order chi connectivity index (χ1) is 17.7. The van der Waals surface area contributed by atoms with Gasteiger partial charge in [-0.2, -0.15) is 9.57 Å². The minimum Gasteiger partial charge on any atom is -0.304 e. The van der Waals surface area contributed by atoms with Gasteiger partial charge in [0.05, 0.1) is 22.9 Å². The average Bonchev–Trinajstić information content (AvgIpc) is 3.54. The zero-order valence-electron chi connectivity index (χ0n) is 21.1. The number of ketones is 1. The number of carbonyl (C=O) groups excluding carboxylic acids is 1. The van der Waals surface area contributed by atoms with Crippen LogP contribution in [0.15, 0.2) is 47.4 Å². The van der Waals surface area contributed by atoms with E-state index in [4.69, 9.17) is 0 Å². The van der Waals surface area contributed by atoms with E-state index < -0.39 is 21.8 Å². The van der Waals surface area contributed by atoms with Gasteiger partial charge in [-0.15, -0.1) is 0 Å². The maximum Gasteiger partial charge on any atom is 0.243 e. The van der Waals surface area contributed by atoms with E-state index in [-0.39, 0.29) is 29.6 Å². The Labute approximate surface area is 218 Å². The van der Waals surface area contributed by atoms with E-state index in [1.807, 2.05) is 7.05 Å². The predicted octanol–water partition coefficient (Wildman–Crippen LogP) is 3.21. The Morgan fingerprint density at radius 3 is 2.41 bits per heavy atom. The number of piperazine rings is 1. The lowest BCUT2D eigenvalue weighted by molar-refractivity contribution is -0.122. The Morgan fingerprint density at radius 1 is 1.11 bits per heavy atom. The predicted molar refractivity (Wildman–Crippen MR) is 139 cm³/mol. The number of nitrogens with zero attached hydrogens (tertiary/aromatic N) is 3. The molecule has 2 bridgehead atoms. The van der Waals surface area contributed by atoms with E-state index in [0.717, 1.165) is 19.3 Å². The van der Waals surface area contributed by atoms with Crippen molar-refractivity contribution >= 4 is 15.8 Å². The molecule has 2 saturated heterocycles. The number of benzene rings is 2. The molecule has 2 aliphatic heterocycles. The zero-order chi connectivity index (χ0) is 26.2. The molecule has 1 aliphatic carbocycles. The number of nitrogens with one attached hydrogen (secondary N) is 1. The Bertz CT molecular complexity index is 1300. The third kappa shape index (κ3) is 5.48. The van der Waals surface area contributed by atoms with Gasteiger partial charge in [0, 0.05) is 38.6 Å². The van der Waals surface area contributed by atoms with Gasteiger partial charge in [-0.1, -0.05) is 24.3 Å². The first-order valence-electron chi connectivity index (χ1n) is 13.0. The fraction of sp³-hybridized carbons (Fsp3) is 0.500. The largest absolute Gasteiger partial charge is 0.304 e. The molecule has 7 nitrogen and oxygen atoms in total. The second-order valence-electron chi connectivity index (χ2n) is 10.7. The highest BCUT2D eigenvalue weighted by atomic mass is 32.2. The molecule has 3 fully saturated rings. The Hall–Kier alpha value is -2.64. The van der Waals surface area contributed by atoms with Crippen LogP contribution >= 0.6 is 0 Å². The standard InChI is InChI=1S/C28H33FN4O3S/c1-32-10-12-33(13-11-32)37(35,36)25-8-5-20(6-9-25)21-2-3-22(26(29)17-21)14-19(18-30)15-27(34)28-23-4-7-24(16-23)31-28/h2-3,5-6,8-9,17,19,23-24,28,31H,4,7,10-16H2,1H3/t19-,23+,24-,28+/m1/s1. The summed E-state index contributed by atoms with van der Waals surface area (Å²) < 4.78 is 42.4. The number of fused-ring (bicyclic) bond motifs is 2. The molecule has 196 valence electrons. The summed E-state index contributed by atoms with van der Waals surface area (Å²) in [6.07, 6.45) is 3.51. The minimum atomic E-state index is -3.56. The van der Waals surface area contributed by atoms with E-state index in [1.165, 1.54) is 10.4 Å². The van der Waals surface area contributed by atoms with E-state index in [9.17, 15) is 18.5 Å². The van der Waals surface area contributed by atoms with Gasteiger partial charge in [0.2, 0.25) is 10.0 Å². The van der Waals surface area contributed by atoms with Crippen LogP contribution in [0, 0.1) is 29.0 Å². The summed E-state index contributed by atoms with van der Waals surface area (Å²) in [6.45, 7) is 2.31. The van der Waals surface area contributed by atoms with Crippen molar-refractivity contribution in [1.82, 2.24) is 14.5 Å². The van der Waals surface area contributed by atoms with Crippen LogP contribution < -0.4 is 5.32 Å². The molecule has 0 amide bonds. The molecule has 5 rings (SSSR count). The Morgan fingerprint density at radius 2 is 1.81 bits per heavy atom. The number of Topliss-reactive ketones (excluding diaryl/α,β-unsaturated/α-hetero) is 1. The molecule has 37 heavy (non-hydrogen) atoms. The van der Waals surface area contributed by atoms with Gasteiger partial charge in [0.25, 0.3) is 0 Å². The summed E-state index contributed by atoms with van der Waals surface area (Å²) in [5.41, 5.74) is 1.73. The van der Waals surface area contributed by atoms with Gasteiger partial charge < -0.3 is 10.2 Å². The van der Waals surface area contributed by atoms with Crippen molar-refractivity contribution in [2.24, 2.45) is 11.8 Å². The Kier molecular flexibility index (Phi) is 7.46. The second-order valence-corrected chi connectivity index (χ2v) is 12.6. The second kappa shape index (κ2) is 10.6. The van der Waals surface area contributed by atoms with E-state index >= 15 is 4.39 Å². The van der Waals surface area contributed by atoms with Crippen LogP contribution in [0.5, 0.6) is 0 Å². The maximum atomic E-state index is 15.0. The van der Waals surface area contributed by atoms with E-state index in [2.05, 4.69) is 16.3 Å². The molecule has 4 atom stereocenters. The van der Waals surface area contributed by atoms with Gasteiger partial charge in [-0.3, -0.25) is 4.79 Å². The molecule has 3 aliphatic rings. The molecule has 1 saturated carbocycles.